The Morgan fingerprint density at radius 3 is 2.79 bits per heavy atom. The number of hydrogen-bond donors (Lipinski definition) is 0. The van der Waals surface area contributed by atoms with Gasteiger partial charge in [0.2, 0.25) is 5.91 Å². The van der Waals surface area contributed by atoms with Gasteiger partial charge >= 0.3 is 0 Å². The van der Waals surface area contributed by atoms with Gasteiger partial charge in [0.25, 0.3) is 0 Å². The number of carbonyl (C=O) groups excluding carboxylic acids is 1. The van der Waals surface area contributed by atoms with E-state index in [0.29, 0.717) is 6.04 Å². The fraction of sp³-hybridized carbons (Fsp3) is 0.625. The Morgan fingerprint density at radius 1 is 1.29 bits per heavy atom. The maximum absolute atomic E-state index is 12.5. The third-order valence-electron chi connectivity index (χ3n) is 5.24. The molecule has 0 radical (unpaired) electrons. The van der Waals surface area contributed by atoms with Gasteiger partial charge in [-0.2, -0.15) is 4.52 Å². The fourth-order valence-electron chi connectivity index (χ4n) is 3.62. The fourth-order valence-corrected chi connectivity index (χ4v) is 3.62. The SMILES string of the molecule is CC(C)N1CCC(N(C)C2CN(c3ccc4nncn4n3)C2)C1=O. The molecule has 1 unspecified atom stereocenters. The summed E-state index contributed by atoms with van der Waals surface area (Å²) >= 11 is 0. The number of aromatic nitrogens is 4. The Balaban J connectivity index is 1.39. The smallest absolute Gasteiger partial charge is 0.240 e. The molecule has 128 valence electrons. The average molecular weight is 329 g/mol. The van der Waals surface area contributed by atoms with Crippen molar-refractivity contribution < 1.29 is 4.79 Å². The molecule has 0 spiro atoms. The first-order chi connectivity index (χ1) is 11.5. The van der Waals surface area contributed by atoms with Crippen molar-refractivity contribution in [2.24, 2.45) is 0 Å². The molecule has 0 aromatic carbocycles. The molecule has 8 nitrogen and oxygen atoms in total. The van der Waals surface area contributed by atoms with E-state index in [1.165, 1.54) is 0 Å². The summed E-state index contributed by atoms with van der Waals surface area (Å²) in [6.07, 6.45) is 2.54. The van der Waals surface area contributed by atoms with Crippen LogP contribution in [0.15, 0.2) is 18.5 Å². The molecular weight excluding hydrogens is 306 g/mol. The lowest BCUT2D eigenvalue weighted by molar-refractivity contribution is -0.133. The van der Waals surface area contributed by atoms with Crippen LogP contribution < -0.4 is 4.90 Å². The van der Waals surface area contributed by atoms with Crippen molar-refractivity contribution in [2.45, 2.75) is 38.4 Å². The molecule has 0 saturated carbocycles. The van der Waals surface area contributed by atoms with Crippen LogP contribution >= 0.6 is 0 Å². The van der Waals surface area contributed by atoms with E-state index < -0.39 is 0 Å². The van der Waals surface area contributed by atoms with E-state index in [9.17, 15) is 4.79 Å². The molecule has 2 aliphatic heterocycles. The number of likely N-dealkylation sites (N-methyl/N-ethyl adjacent to an activating group) is 1. The van der Waals surface area contributed by atoms with Gasteiger partial charge in [0.05, 0.1) is 6.04 Å². The molecule has 1 atom stereocenters. The van der Waals surface area contributed by atoms with Gasteiger partial charge in [0.1, 0.15) is 12.1 Å². The summed E-state index contributed by atoms with van der Waals surface area (Å²) in [5.41, 5.74) is 0.748. The zero-order valence-electron chi connectivity index (χ0n) is 14.3. The lowest BCUT2D eigenvalue weighted by atomic mass is 10.0. The number of anilines is 1. The number of fused-ring (bicyclic) bond motifs is 1. The first kappa shape index (κ1) is 15.3. The maximum atomic E-state index is 12.5. The van der Waals surface area contributed by atoms with Gasteiger partial charge in [-0.15, -0.1) is 15.3 Å². The van der Waals surface area contributed by atoms with Crippen molar-refractivity contribution in [3.8, 4) is 0 Å². The van der Waals surface area contributed by atoms with Gasteiger partial charge in [0.15, 0.2) is 5.65 Å². The molecule has 2 aromatic rings. The molecule has 4 heterocycles. The molecule has 0 bridgehead atoms. The van der Waals surface area contributed by atoms with Crippen LogP contribution in [0.25, 0.3) is 5.65 Å². The van der Waals surface area contributed by atoms with Gasteiger partial charge in [0, 0.05) is 31.7 Å². The van der Waals surface area contributed by atoms with Crippen molar-refractivity contribution in [3.05, 3.63) is 18.5 Å². The molecule has 0 N–H and O–H groups in total. The summed E-state index contributed by atoms with van der Waals surface area (Å²) in [5, 5.41) is 12.3. The minimum Gasteiger partial charge on any atom is -0.352 e. The van der Waals surface area contributed by atoms with Crippen LogP contribution in [0.1, 0.15) is 20.3 Å². The lowest BCUT2D eigenvalue weighted by Crippen LogP contribution is -2.62. The second kappa shape index (κ2) is 5.70. The zero-order valence-corrected chi connectivity index (χ0v) is 14.3. The van der Waals surface area contributed by atoms with Crippen molar-refractivity contribution in [1.29, 1.82) is 0 Å². The van der Waals surface area contributed by atoms with Crippen LogP contribution in [0, 0.1) is 0 Å². The molecular formula is C16H23N7O. The Bertz CT molecular complexity index is 752. The second-order valence-corrected chi connectivity index (χ2v) is 6.98. The van der Waals surface area contributed by atoms with E-state index in [1.807, 2.05) is 17.0 Å². The van der Waals surface area contributed by atoms with Crippen molar-refractivity contribution >= 4 is 17.4 Å². The summed E-state index contributed by atoms with van der Waals surface area (Å²) < 4.78 is 1.69. The molecule has 2 fully saturated rings. The highest BCUT2D eigenvalue weighted by atomic mass is 16.2. The van der Waals surface area contributed by atoms with E-state index in [4.69, 9.17) is 0 Å². The predicted octanol–water partition coefficient (Wildman–Crippen LogP) is 0.254. The van der Waals surface area contributed by atoms with Crippen LogP contribution in [0.3, 0.4) is 0 Å². The number of hydrogen-bond acceptors (Lipinski definition) is 6. The van der Waals surface area contributed by atoms with E-state index in [2.05, 4.69) is 46.0 Å². The first-order valence-electron chi connectivity index (χ1n) is 8.49. The minimum atomic E-state index is 0.0211. The minimum absolute atomic E-state index is 0.0211. The maximum Gasteiger partial charge on any atom is 0.240 e. The third-order valence-corrected chi connectivity index (χ3v) is 5.24. The zero-order chi connectivity index (χ0) is 16.8. The van der Waals surface area contributed by atoms with E-state index >= 15 is 0 Å². The van der Waals surface area contributed by atoms with Gasteiger partial charge in [-0.05, 0) is 39.4 Å². The molecule has 2 saturated heterocycles. The first-order valence-corrected chi connectivity index (χ1v) is 8.49. The summed E-state index contributed by atoms with van der Waals surface area (Å²) in [6, 6.07) is 4.60. The Morgan fingerprint density at radius 2 is 2.08 bits per heavy atom. The molecule has 2 aliphatic rings. The summed E-state index contributed by atoms with van der Waals surface area (Å²) in [4.78, 5) is 19.0. The molecule has 0 aliphatic carbocycles. The molecule has 2 aromatic heterocycles. The van der Waals surface area contributed by atoms with Crippen molar-refractivity contribution in [3.63, 3.8) is 0 Å². The second-order valence-electron chi connectivity index (χ2n) is 6.98. The van der Waals surface area contributed by atoms with E-state index in [1.54, 1.807) is 10.8 Å². The summed E-state index contributed by atoms with van der Waals surface area (Å²) in [7, 11) is 2.07. The highest BCUT2D eigenvalue weighted by Gasteiger charge is 2.41. The van der Waals surface area contributed by atoms with Gasteiger partial charge in [-0.25, -0.2) is 0 Å². The number of carbonyl (C=O) groups is 1. The highest BCUT2D eigenvalue weighted by molar-refractivity contribution is 5.84. The Hall–Kier alpha value is -2.22. The Kier molecular flexibility index (Phi) is 3.64. The molecule has 24 heavy (non-hydrogen) atoms. The number of likely N-dealkylation sites (tertiary alicyclic amines) is 1. The van der Waals surface area contributed by atoms with Crippen LogP contribution in [0.4, 0.5) is 5.82 Å². The van der Waals surface area contributed by atoms with Crippen LogP contribution in [-0.4, -0.2) is 80.3 Å². The quantitative estimate of drug-likeness (QED) is 0.801. The van der Waals surface area contributed by atoms with Crippen LogP contribution in [0.5, 0.6) is 0 Å². The normalized spacial score (nSPS) is 22.2. The average Bonchev–Trinajstić information content (AvgIpc) is 3.11. The molecule has 1 amide bonds. The standard InChI is InChI=1S/C16H23N7O/c1-11(2)22-7-6-13(16(22)24)20(3)12-8-21(9-12)15-5-4-14-18-17-10-23(14)19-15/h4-5,10-13H,6-9H2,1-3H3. The van der Waals surface area contributed by atoms with E-state index in [0.717, 1.165) is 37.5 Å². The van der Waals surface area contributed by atoms with Crippen LogP contribution in [0.2, 0.25) is 0 Å². The molecule has 8 heteroatoms. The predicted molar refractivity (Wildman–Crippen MR) is 89.8 cm³/mol. The van der Waals surface area contributed by atoms with Gasteiger partial charge in [-0.3, -0.25) is 9.69 Å². The largest absolute Gasteiger partial charge is 0.352 e. The van der Waals surface area contributed by atoms with E-state index in [-0.39, 0.29) is 18.0 Å². The highest BCUT2D eigenvalue weighted by Crippen LogP contribution is 2.26. The number of rotatable bonds is 4. The topological polar surface area (TPSA) is 69.9 Å². The summed E-state index contributed by atoms with van der Waals surface area (Å²) in [6.45, 7) is 6.81. The third kappa shape index (κ3) is 2.41. The van der Waals surface area contributed by atoms with Crippen molar-refractivity contribution in [2.75, 3.05) is 31.6 Å². The number of amides is 1. The van der Waals surface area contributed by atoms with Crippen LogP contribution in [-0.2, 0) is 4.79 Å². The van der Waals surface area contributed by atoms with Gasteiger partial charge < -0.3 is 9.80 Å². The Labute approximate surface area is 141 Å². The van der Waals surface area contributed by atoms with Crippen molar-refractivity contribution in [1.82, 2.24) is 29.6 Å². The number of nitrogens with zero attached hydrogens (tertiary/aromatic N) is 7. The monoisotopic (exact) mass is 329 g/mol. The lowest BCUT2D eigenvalue weighted by Gasteiger charge is -2.46. The molecule has 4 rings (SSSR count). The van der Waals surface area contributed by atoms with Gasteiger partial charge in [-0.1, -0.05) is 0 Å². The summed E-state index contributed by atoms with van der Waals surface area (Å²) in [5.74, 6) is 1.20.